The van der Waals surface area contributed by atoms with Crippen LogP contribution in [0.25, 0.3) is 0 Å². The Morgan fingerprint density at radius 1 is 1.00 bits per heavy atom. The highest BCUT2D eigenvalue weighted by molar-refractivity contribution is 5.94. The Morgan fingerprint density at radius 3 is 2.21 bits per heavy atom. The van der Waals surface area contributed by atoms with E-state index in [1.165, 1.54) is 5.56 Å². The largest absolute Gasteiger partial charge is 0.377 e. The van der Waals surface area contributed by atoms with Crippen LogP contribution in [0.3, 0.4) is 0 Å². The minimum absolute atomic E-state index is 0.0540. The SMILES string of the molecule is CCOCc1ccccc1CNC(=O)c1ccc(C(C)(C)C)cc1. The van der Waals surface area contributed by atoms with Crippen LogP contribution in [0.4, 0.5) is 0 Å². The van der Waals surface area contributed by atoms with Crippen molar-refractivity contribution in [1.29, 1.82) is 0 Å². The lowest BCUT2D eigenvalue weighted by molar-refractivity contribution is 0.0949. The third kappa shape index (κ3) is 4.93. The molecule has 0 bridgehead atoms. The van der Waals surface area contributed by atoms with Gasteiger partial charge in [0.1, 0.15) is 0 Å². The van der Waals surface area contributed by atoms with Crippen molar-refractivity contribution in [3.8, 4) is 0 Å². The number of hydrogen-bond donors (Lipinski definition) is 1. The first-order valence-corrected chi connectivity index (χ1v) is 8.45. The van der Waals surface area contributed by atoms with Crippen LogP contribution in [0, 0.1) is 0 Å². The number of amides is 1. The highest BCUT2D eigenvalue weighted by Gasteiger charge is 2.14. The van der Waals surface area contributed by atoms with E-state index in [0.29, 0.717) is 25.3 Å². The zero-order chi connectivity index (χ0) is 17.6. The molecule has 0 fully saturated rings. The van der Waals surface area contributed by atoms with Gasteiger partial charge in [-0.05, 0) is 41.2 Å². The van der Waals surface area contributed by atoms with Crippen molar-refractivity contribution in [3.63, 3.8) is 0 Å². The van der Waals surface area contributed by atoms with Gasteiger partial charge in [0.25, 0.3) is 5.91 Å². The van der Waals surface area contributed by atoms with E-state index < -0.39 is 0 Å². The summed E-state index contributed by atoms with van der Waals surface area (Å²) in [7, 11) is 0. The van der Waals surface area contributed by atoms with Crippen LogP contribution in [0.15, 0.2) is 48.5 Å². The van der Waals surface area contributed by atoms with Gasteiger partial charge in [-0.1, -0.05) is 57.2 Å². The molecule has 0 aliphatic heterocycles. The lowest BCUT2D eigenvalue weighted by Gasteiger charge is -2.19. The lowest BCUT2D eigenvalue weighted by Crippen LogP contribution is -2.23. The van der Waals surface area contributed by atoms with Crippen LogP contribution in [-0.2, 0) is 23.3 Å². The maximum atomic E-state index is 12.4. The fourth-order valence-electron chi connectivity index (χ4n) is 2.48. The molecule has 0 aliphatic carbocycles. The van der Waals surface area contributed by atoms with Crippen molar-refractivity contribution >= 4 is 5.91 Å². The minimum Gasteiger partial charge on any atom is -0.377 e. The molecule has 0 saturated carbocycles. The number of carbonyl (C=O) groups is 1. The quantitative estimate of drug-likeness (QED) is 0.852. The Morgan fingerprint density at radius 2 is 1.62 bits per heavy atom. The van der Waals surface area contributed by atoms with E-state index in [1.54, 1.807) is 0 Å². The number of rotatable bonds is 6. The zero-order valence-electron chi connectivity index (χ0n) is 15.1. The number of hydrogen-bond acceptors (Lipinski definition) is 2. The first-order chi connectivity index (χ1) is 11.4. The van der Waals surface area contributed by atoms with Crippen molar-refractivity contribution in [1.82, 2.24) is 5.32 Å². The Balaban J connectivity index is 2.01. The highest BCUT2D eigenvalue weighted by Crippen LogP contribution is 2.22. The molecule has 0 aromatic heterocycles. The molecule has 0 radical (unpaired) electrons. The Labute approximate surface area is 145 Å². The summed E-state index contributed by atoms with van der Waals surface area (Å²) in [6.45, 7) is 10.2. The smallest absolute Gasteiger partial charge is 0.251 e. The number of carbonyl (C=O) groups excluding carboxylic acids is 1. The topological polar surface area (TPSA) is 38.3 Å². The van der Waals surface area contributed by atoms with Gasteiger partial charge in [-0.25, -0.2) is 0 Å². The lowest BCUT2D eigenvalue weighted by atomic mass is 9.87. The van der Waals surface area contributed by atoms with Crippen LogP contribution in [-0.4, -0.2) is 12.5 Å². The van der Waals surface area contributed by atoms with E-state index >= 15 is 0 Å². The van der Waals surface area contributed by atoms with Crippen LogP contribution in [0.5, 0.6) is 0 Å². The molecule has 24 heavy (non-hydrogen) atoms. The van der Waals surface area contributed by atoms with Gasteiger partial charge in [-0.3, -0.25) is 4.79 Å². The summed E-state index contributed by atoms with van der Waals surface area (Å²) < 4.78 is 5.48. The summed E-state index contributed by atoms with van der Waals surface area (Å²) >= 11 is 0. The number of benzene rings is 2. The van der Waals surface area contributed by atoms with Gasteiger partial charge in [0.2, 0.25) is 0 Å². The van der Waals surface area contributed by atoms with E-state index in [-0.39, 0.29) is 11.3 Å². The molecule has 0 heterocycles. The molecule has 0 unspecified atom stereocenters. The van der Waals surface area contributed by atoms with Gasteiger partial charge >= 0.3 is 0 Å². The molecule has 1 amide bonds. The van der Waals surface area contributed by atoms with Gasteiger partial charge in [-0.2, -0.15) is 0 Å². The second kappa shape index (κ2) is 8.11. The Bertz CT molecular complexity index is 669. The van der Waals surface area contributed by atoms with Gasteiger partial charge in [0.15, 0.2) is 0 Å². The molecule has 0 aliphatic rings. The van der Waals surface area contributed by atoms with Gasteiger partial charge in [0, 0.05) is 18.7 Å². The first kappa shape index (κ1) is 18.2. The van der Waals surface area contributed by atoms with E-state index in [4.69, 9.17) is 4.74 Å². The summed E-state index contributed by atoms with van der Waals surface area (Å²) in [6, 6.07) is 15.9. The average molecular weight is 325 g/mol. The molecule has 2 aromatic rings. The fourth-order valence-corrected chi connectivity index (χ4v) is 2.48. The third-order valence-corrected chi connectivity index (χ3v) is 4.03. The highest BCUT2D eigenvalue weighted by atomic mass is 16.5. The van der Waals surface area contributed by atoms with Gasteiger partial charge in [0.05, 0.1) is 6.61 Å². The predicted molar refractivity (Wildman–Crippen MR) is 98.1 cm³/mol. The number of nitrogens with one attached hydrogen (secondary N) is 1. The van der Waals surface area contributed by atoms with Crippen LogP contribution < -0.4 is 5.32 Å². The summed E-state index contributed by atoms with van der Waals surface area (Å²) in [5.74, 6) is -0.0540. The molecule has 2 rings (SSSR count). The zero-order valence-corrected chi connectivity index (χ0v) is 15.1. The van der Waals surface area contributed by atoms with Crippen LogP contribution in [0.1, 0.15) is 54.7 Å². The standard InChI is InChI=1S/C21H27NO2/c1-5-24-15-18-9-7-6-8-17(18)14-22-20(23)16-10-12-19(13-11-16)21(2,3)4/h6-13H,5,14-15H2,1-4H3,(H,22,23). The fraction of sp³-hybridized carbons (Fsp3) is 0.381. The van der Waals surface area contributed by atoms with Gasteiger partial charge < -0.3 is 10.1 Å². The normalized spacial score (nSPS) is 11.3. The monoisotopic (exact) mass is 325 g/mol. The molecule has 3 heteroatoms. The average Bonchev–Trinajstić information content (AvgIpc) is 2.58. The molecule has 0 spiro atoms. The summed E-state index contributed by atoms with van der Waals surface area (Å²) in [6.07, 6.45) is 0. The molecule has 2 aromatic carbocycles. The van der Waals surface area contributed by atoms with Crippen molar-refractivity contribution in [2.24, 2.45) is 0 Å². The maximum Gasteiger partial charge on any atom is 0.251 e. The molecule has 0 atom stereocenters. The molecule has 1 N–H and O–H groups in total. The molecule has 0 saturated heterocycles. The summed E-state index contributed by atoms with van der Waals surface area (Å²) in [5, 5.41) is 3.00. The third-order valence-electron chi connectivity index (χ3n) is 4.03. The van der Waals surface area contributed by atoms with Crippen molar-refractivity contribution < 1.29 is 9.53 Å². The maximum absolute atomic E-state index is 12.4. The summed E-state index contributed by atoms with van der Waals surface area (Å²) in [5.41, 5.74) is 4.20. The molecule has 3 nitrogen and oxygen atoms in total. The number of ether oxygens (including phenoxy) is 1. The van der Waals surface area contributed by atoms with Gasteiger partial charge in [-0.15, -0.1) is 0 Å². The van der Waals surface area contributed by atoms with Crippen LogP contribution in [0.2, 0.25) is 0 Å². The van der Waals surface area contributed by atoms with E-state index in [9.17, 15) is 4.79 Å². The molecular formula is C21H27NO2. The molecular weight excluding hydrogens is 298 g/mol. The van der Waals surface area contributed by atoms with Crippen molar-refractivity contribution in [3.05, 3.63) is 70.8 Å². The molecule has 128 valence electrons. The Kier molecular flexibility index (Phi) is 6.16. The van der Waals surface area contributed by atoms with Crippen LogP contribution >= 0.6 is 0 Å². The minimum atomic E-state index is -0.0540. The van der Waals surface area contributed by atoms with E-state index in [2.05, 4.69) is 26.1 Å². The van der Waals surface area contributed by atoms with E-state index in [1.807, 2.05) is 55.5 Å². The first-order valence-electron chi connectivity index (χ1n) is 8.45. The summed E-state index contributed by atoms with van der Waals surface area (Å²) in [4.78, 5) is 12.4. The van der Waals surface area contributed by atoms with Crippen molar-refractivity contribution in [2.45, 2.75) is 46.3 Å². The second-order valence-electron chi connectivity index (χ2n) is 6.92. The van der Waals surface area contributed by atoms with Crippen molar-refractivity contribution in [2.75, 3.05) is 6.61 Å². The van der Waals surface area contributed by atoms with E-state index in [0.717, 1.165) is 11.1 Å². The predicted octanol–water partition coefficient (Wildman–Crippen LogP) is 4.45. The Hall–Kier alpha value is -2.13. The second-order valence-corrected chi connectivity index (χ2v) is 6.92.